The van der Waals surface area contributed by atoms with Gasteiger partial charge in [-0.1, -0.05) is 0 Å². The molecule has 2 rings (SSSR count). The summed E-state index contributed by atoms with van der Waals surface area (Å²) in [5.74, 6) is 0. The molecule has 1 nitrogen and oxygen atoms in total. The first-order chi connectivity index (χ1) is 3.97. The molecular formula is C6H5NS. The summed E-state index contributed by atoms with van der Waals surface area (Å²) in [7, 11) is 0. The second kappa shape index (κ2) is 1.36. The third kappa shape index (κ3) is 0.406. The maximum Gasteiger partial charge on any atom is 0.0562 e. The number of fused-ring (bicyclic) bond motifs is 1. The molecule has 0 aliphatic heterocycles. The van der Waals surface area contributed by atoms with E-state index in [9.17, 15) is 0 Å². The third-order valence-corrected chi connectivity index (χ3v) is 1.96. The van der Waals surface area contributed by atoms with Gasteiger partial charge in [-0.15, -0.1) is 11.3 Å². The van der Waals surface area contributed by atoms with Crippen LogP contribution < -0.4 is 0 Å². The van der Waals surface area contributed by atoms with Gasteiger partial charge in [0, 0.05) is 22.3 Å². The van der Waals surface area contributed by atoms with Gasteiger partial charge in [-0.25, -0.2) is 0 Å². The molecular weight excluding hydrogens is 118 g/mol. The second-order valence-electron chi connectivity index (χ2n) is 1.72. The highest BCUT2D eigenvalue weighted by atomic mass is 32.1. The predicted molar refractivity (Wildman–Crippen MR) is 36.2 cm³/mol. The van der Waals surface area contributed by atoms with Crippen molar-refractivity contribution in [1.82, 2.24) is 4.98 Å². The summed E-state index contributed by atoms with van der Waals surface area (Å²) >= 11 is 1.73. The number of rotatable bonds is 0. The Balaban J connectivity index is 3.06. The number of aromatic amines is 1. The lowest BCUT2D eigenvalue weighted by Crippen LogP contribution is -1.49. The van der Waals surface area contributed by atoms with E-state index in [1.807, 2.05) is 6.20 Å². The lowest BCUT2D eigenvalue weighted by Gasteiger charge is -1.66. The van der Waals surface area contributed by atoms with Crippen molar-refractivity contribution in [1.29, 1.82) is 0 Å². The van der Waals surface area contributed by atoms with E-state index in [0.29, 0.717) is 0 Å². The van der Waals surface area contributed by atoms with Crippen LogP contribution in [0.1, 0.15) is 0 Å². The molecule has 2 aromatic heterocycles. The van der Waals surface area contributed by atoms with Crippen LogP contribution in [-0.4, -0.2) is 4.98 Å². The van der Waals surface area contributed by atoms with Crippen molar-refractivity contribution in [2.75, 3.05) is 0 Å². The number of hydrogen-bond acceptors (Lipinski definition) is 1. The Kier molecular flexibility index (Phi) is 0.704. The normalized spacial score (nSPS) is 10.5. The molecule has 0 spiro atoms. The maximum atomic E-state index is 3.11. The van der Waals surface area contributed by atoms with Crippen LogP contribution in [0.25, 0.3) is 10.9 Å². The molecule has 0 aliphatic rings. The summed E-state index contributed by atoms with van der Waals surface area (Å²) in [6, 6.07) is 2.08. The first-order valence-corrected chi connectivity index (χ1v) is 3.40. The molecule has 0 amide bonds. The minimum Gasteiger partial charge on any atom is -0.361 e. The van der Waals surface area contributed by atoms with E-state index in [4.69, 9.17) is 0 Å². The number of hydrogen-bond donors (Lipinski definition) is 1. The number of aromatic nitrogens is 1. The van der Waals surface area contributed by atoms with Gasteiger partial charge >= 0.3 is 0 Å². The molecule has 0 bridgehead atoms. The molecule has 0 aromatic carbocycles. The summed E-state index contributed by atoms with van der Waals surface area (Å²) in [6.45, 7) is 0. The van der Waals surface area contributed by atoms with Gasteiger partial charge in [-0.2, -0.15) is 0 Å². The van der Waals surface area contributed by atoms with Crippen LogP contribution in [0, 0.1) is 0 Å². The van der Waals surface area contributed by atoms with Gasteiger partial charge in [0.1, 0.15) is 0 Å². The van der Waals surface area contributed by atoms with Crippen LogP contribution in [0.4, 0.5) is 0 Å². The van der Waals surface area contributed by atoms with Gasteiger partial charge in [-0.05, 0) is 6.07 Å². The van der Waals surface area contributed by atoms with Crippen LogP contribution in [0.3, 0.4) is 0 Å². The lowest BCUT2D eigenvalue weighted by molar-refractivity contribution is 1.49. The fourth-order valence-corrected chi connectivity index (χ4v) is 1.53. The average Bonchev–Trinajstić information content (AvgIpc) is 2.15. The molecule has 1 N–H and O–H groups in total. The van der Waals surface area contributed by atoms with Crippen molar-refractivity contribution in [2.45, 2.75) is 0 Å². The van der Waals surface area contributed by atoms with E-state index in [2.05, 4.69) is 21.8 Å². The smallest absolute Gasteiger partial charge is 0.0562 e. The van der Waals surface area contributed by atoms with Crippen LogP contribution in [0.5, 0.6) is 0 Å². The largest absolute Gasteiger partial charge is 0.361 e. The van der Waals surface area contributed by atoms with Crippen LogP contribution in [-0.2, 0) is 0 Å². The minimum atomic E-state index is 1.25. The molecule has 2 heterocycles. The van der Waals surface area contributed by atoms with Gasteiger partial charge < -0.3 is 4.98 Å². The SMILES string of the molecule is c1cc2cscc2[nH]1. The van der Waals surface area contributed by atoms with Gasteiger partial charge in [0.25, 0.3) is 0 Å². The molecule has 0 unspecified atom stereocenters. The van der Waals surface area contributed by atoms with Crippen LogP contribution in [0.15, 0.2) is 23.0 Å². The third-order valence-electron chi connectivity index (χ3n) is 1.19. The molecule has 0 aliphatic carbocycles. The molecule has 0 saturated heterocycles. The molecule has 0 radical (unpaired) electrons. The highest BCUT2D eigenvalue weighted by Crippen LogP contribution is 2.15. The topological polar surface area (TPSA) is 15.8 Å². The van der Waals surface area contributed by atoms with Gasteiger partial charge in [0.15, 0.2) is 0 Å². The quantitative estimate of drug-likeness (QED) is 0.553. The highest BCUT2D eigenvalue weighted by molar-refractivity contribution is 7.09. The van der Waals surface area contributed by atoms with E-state index in [0.717, 1.165) is 0 Å². The van der Waals surface area contributed by atoms with Crippen LogP contribution in [0.2, 0.25) is 0 Å². The molecule has 0 atom stereocenters. The summed E-state index contributed by atoms with van der Waals surface area (Å²) < 4.78 is 0. The van der Waals surface area contributed by atoms with Gasteiger partial charge in [0.05, 0.1) is 5.52 Å². The van der Waals surface area contributed by atoms with E-state index in [-0.39, 0.29) is 0 Å². The molecule has 2 aromatic rings. The van der Waals surface area contributed by atoms with Crippen molar-refractivity contribution in [3.05, 3.63) is 23.0 Å². The average molecular weight is 123 g/mol. The lowest BCUT2D eigenvalue weighted by atomic mass is 10.4. The number of thiophene rings is 1. The second-order valence-corrected chi connectivity index (χ2v) is 2.46. The van der Waals surface area contributed by atoms with Crippen molar-refractivity contribution >= 4 is 22.2 Å². The zero-order valence-electron chi connectivity index (χ0n) is 4.22. The van der Waals surface area contributed by atoms with E-state index in [1.165, 1.54) is 10.9 Å². The fraction of sp³-hybridized carbons (Fsp3) is 0. The Hall–Kier alpha value is -0.760. The number of H-pyrrole nitrogens is 1. The van der Waals surface area contributed by atoms with Crippen molar-refractivity contribution in [2.24, 2.45) is 0 Å². The predicted octanol–water partition coefficient (Wildman–Crippen LogP) is 2.23. The van der Waals surface area contributed by atoms with E-state index < -0.39 is 0 Å². The Bertz CT molecular complexity index is 230. The first kappa shape index (κ1) is 4.15. The minimum absolute atomic E-state index is 1.25. The Morgan fingerprint density at radius 1 is 1.38 bits per heavy atom. The summed E-state index contributed by atoms with van der Waals surface area (Å²) in [5.41, 5.74) is 1.25. The van der Waals surface area contributed by atoms with Gasteiger partial charge in [0.2, 0.25) is 0 Å². The first-order valence-electron chi connectivity index (χ1n) is 2.46. The summed E-state index contributed by atoms with van der Waals surface area (Å²) in [5, 5.41) is 5.55. The van der Waals surface area contributed by atoms with Crippen molar-refractivity contribution in [3.63, 3.8) is 0 Å². The zero-order valence-corrected chi connectivity index (χ0v) is 5.03. The molecule has 40 valence electrons. The standard InChI is InChI=1S/C6H5NS/c1-2-7-6-4-8-3-5(1)6/h1-4,7H. The van der Waals surface area contributed by atoms with Crippen LogP contribution >= 0.6 is 11.3 Å². The fourth-order valence-electron chi connectivity index (χ4n) is 0.775. The Morgan fingerprint density at radius 2 is 2.38 bits per heavy atom. The Labute approximate surface area is 51.0 Å². The summed E-state index contributed by atoms with van der Waals surface area (Å²) in [4.78, 5) is 3.11. The summed E-state index contributed by atoms with van der Waals surface area (Å²) in [6.07, 6.45) is 1.96. The van der Waals surface area contributed by atoms with E-state index >= 15 is 0 Å². The Morgan fingerprint density at radius 3 is 3.25 bits per heavy atom. The van der Waals surface area contributed by atoms with Gasteiger partial charge in [-0.3, -0.25) is 0 Å². The zero-order chi connectivity index (χ0) is 5.40. The van der Waals surface area contributed by atoms with E-state index in [1.54, 1.807) is 11.3 Å². The monoisotopic (exact) mass is 123 g/mol. The molecule has 8 heavy (non-hydrogen) atoms. The number of nitrogens with one attached hydrogen (secondary N) is 1. The maximum absolute atomic E-state index is 3.11. The van der Waals surface area contributed by atoms with Crippen molar-refractivity contribution < 1.29 is 0 Å². The molecule has 2 heteroatoms. The molecule has 0 saturated carbocycles. The van der Waals surface area contributed by atoms with Crippen molar-refractivity contribution in [3.8, 4) is 0 Å². The highest BCUT2D eigenvalue weighted by Gasteiger charge is 1.89. The molecule has 0 fully saturated rings.